The zero-order valence-corrected chi connectivity index (χ0v) is 6.36. The lowest BCUT2D eigenvalue weighted by Crippen LogP contribution is -2.21. The van der Waals surface area contributed by atoms with Gasteiger partial charge in [-0.25, -0.2) is 4.79 Å². The Kier molecular flexibility index (Phi) is 1.41. The van der Waals surface area contributed by atoms with Crippen LogP contribution >= 0.6 is 0 Å². The molecule has 2 rings (SSSR count). The van der Waals surface area contributed by atoms with Crippen LogP contribution in [-0.2, 0) is 15.1 Å². The lowest BCUT2D eigenvalue weighted by Gasteiger charge is -2.04. The Morgan fingerprint density at radius 1 is 1.42 bits per heavy atom. The lowest BCUT2D eigenvalue weighted by molar-refractivity contribution is -0.143. The number of hydrogen-bond donors (Lipinski definition) is 1. The van der Waals surface area contributed by atoms with Gasteiger partial charge in [-0.2, -0.15) is 0 Å². The van der Waals surface area contributed by atoms with Crippen molar-refractivity contribution in [2.75, 3.05) is 6.61 Å². The molecule has 1 fully saturated rings. The van der Waals surface area contributed by atoms with Crippen LogP contribution in [0.3, 0.4) is 0 Å². The molecule has 1 aromatic rings. The summed E-state index contributed by atoms with van der Waals surface area (Å²) in [5.41, 5.74) is -0.321. The van der Waals surface area contributed by atoms with Gasteiger partial charge in [0.05, 0.1) is 6.61 Å². The molecule has 0 radical (unpaired) electrons. The number of aliphatic carboxylic acids is 1. The number of carbonyl (C=O) groups is 1. The summed E-state index contributed by atoms with van der Waals surface area (Å²) in [6, 6.07) is 8.99. The Bertz CT molecular complexity index is 301. The van der Waals surface area contributed by atoms with Crippen LogP contribution in [0.1, 0.15) is 5.56 Å². The monoisotopic (exact) mass is 164 g/mol. The summed E-state index contributed by atoms with van der Waals surface area (Å²) >= 11 is 0. The average molecular weight is 164 g/mol. The quantitative estimate of drug-likeness (QED) is 0.663. The fourth-order valence-electron chi connectivity index (χ4n) is 1.19. The minimum Gasteiger partial charge on any atom is -0.479 e. The summed E-state index contributed by atoms with van der Waals surface area (Å²) in [7, 11) is 0. The van der Waals surface area contributed by atoms with Crippen LogP contribution in [0.2, 0.25) is 0 Å². The van der Waals surface area contributed by atoms with E-state index in [9.17, 15) is 4.79 Å². The predicted molar refractivity (Wildman–Crippen MR) is 41.7 cm³/mol. The van der Waals surface area contributed by atoms with Crippen molar-refractivity contribution in [2.45, 2.75) is 5.60 Å². The molecule has 1 atom stereocenters. The van der Waals surface area contributed by atoms with E-state index in [1.165, 1.54) is 0 Å². The molecule has 1 heterocycles. The van der Waals surface area contributed by atoms with E-state index in [-0.39, 0.29) is 6.61 Å². The van der Waals surface area contributed by atoms with Gasteiger partial charge in [-0.3, -0.25) is 0 Å². The maximum atomic E-state index is 10.8. The third kappa shape index (κ3) is 0.905. The summed E-state index contributed by atoms with van der Waals surface area (Å²) in [5, 5.41) is 8.83. The number of epoxide rings is 1. The number of carboxylic acid groups (broad SMARTS) is 1. The highest BCUT2D eigenvalue weighted by Gasteiger charge is 2.54. The van der Waals surface area contributed by atoms with E-state index in [0.717, 1.165) is 5.56 Å². The molecule has 0 amide bonds. The second-order valence-electron chi connectivity index (χ2n) is 2.79. The van der Waals surface area contributed by atoms with Gasteiger partial charge in [0.1, 0.15) is 0 Å². The number of rotatable bonds is 2. The van der Waals surface area contributed by atoms with E-state index in [2.05, 4.69) is 0 Å². The Labute approximate surface area is 69.6 Å². The first-order chi connectivity index (χ1) is 5.76. The highest BCUT2D eigenvalue weighted by molar-refractivity contribution is 5.82. The topological polar surface area (TPSA) is 49.8 Å². The molecule has 0 aromatic heterocycles. The van der Waals surface area contributed by atoms with Gasteiger partial charge >= 0.3 is 5.97 Å². The molecule has 3 nitrogen and oxygen atoms in total. The van der Waals surface area contributed by atoms with Crippen molar-refractivity contribution in [1.29, 1.82) is 0 Å². The van der Waals surface area contributed by atoms with E-state index in [0.29, 0.717) is 0 Å². The van der Waals surface area contributed by atoms with E-state index in [1.54, 1.807) is 12.1 Å². The third-order valence-electron chi connectivity index (χ3n) is 2.02. The maximum absolute atomic E-state index is 10.8. The van der Waals surface area contributed by atoms with Crippen molar-refractivity contribution in [3.63, 3.8) is 0 Å². The summed E-state index contributed by atoms with van der Waals surface area (Å²) in [4.78, 5) is 10.8. The number of hydrogen-bond acceptors (Lipinski definition) is 2. The molecule has 1 N–H and O–H groups in total. The van der Waals surface area contributed by atoms with Crippen LogP contribution in [0.4, 0.5) is 0 Å². The standard InChI is InChI=1S/C9H8O3/c10-8(11)9(6-12-9)7-4-2-1-3-5-7/h1-5H,6H2,(H,10,11). The summed E-state index contributed by atoms with van der Waals surface area (Å²) in [6.45, 7) is 0.284. The van der Waals surface area contributed by atoms with Gasteiger partial charge in [0.25, 0.3) is 0 Å². The molecule has 0 aliphatic carbocycles. The Morgan fingerprint density at radius 3 is 2.42 bits per heavy atom. The summed E-state index contributed by atoms with van der Waals surface area (Å²) < 4.78 is 4.94. The maximum Gasteiger partial charge on any atom is 0.343 e. The first-order valence-electron chi connectivity index (χ1n) is 3.68. The molecule has 1 aliphatic rings. The van der Waals surface area contributed by atoms with Crippen LogP contribution in [0.15, 0.2) is 30.3 Å². The largest absolute Gasteiger partial charge is 0.479 e. The highest BCUT2D eigenvalue weighted by Crippen LogP contribution is 2.38. The van der Waals surface area contributed by atoms with Crippen molar-refractivity contribution >= 4 is 5.97 Å². The van der Waals surface area contributed by atoms with Gasteiger partial charge in [-0.1, -0.05) is 30.3 Å². The summed E-state index contributed by atoms with van der Waals surface area (Å²) in [5.74, 6) is -0.909. The molecule has 3 heteroatoms. The van der Waals surface area contributed by atoms with Crippen molar-refractivity contribution in [3.05, 3.63) is 35.9 Å². The Hall–Kier alpha value is -1.35. The molecular weight excluding hydrogens is 156 g/mol. The lowest BCUT2D eigenvalue weighted by atomic mass is 10.0. The van der Waals surface area contributed by atoms with Crippen molar-refractivity contribution in [3.8, 4) is 0 Å². The molecule has 1 aliphatic heterocycles. The molecular formula is C9H8O3. The zero-order chi connectivity index (χ0) is 8.60. The van der Waals surface area contributed by atoms with Gasteiger partial charge in [0.15, 0.2) is 0 Å². The third-order valence-corrected chi connectivity index (χ3v) is 2.02. The minimum absolute atomic E-state index is 0.284. The van der Waals surface area contributed by atoms with Crippen LogP contribution in [0, 0.1) is 0 Å². The van der Waals surface area contributed by atoms with Crippen molar-refractivity contribution < 1.29 is 14.6 Å². The fourth-order valence-corrected chi connectivity index (χ4v) is 1.19. The highest BCUT2D eigenvalue weighted by atomic mass is 16.6. The van der Waals surface area contributed by atoms with Crippen LogP contribution in [-0.4, -0.2) is 17.7 Å². The smallest absolute Gasteiger partial charge is 0.343 e. The van der Waals surface area contributed by atoms with Gasteiger partial charge in [0.2, 0.25) is 5.60 Å². The minimum atomic E-state index is -1.04. The van der Waals surface area contributed by atoms with Crippen molar-refractivity contribution in [2.24, 2.45) is 0 Å². The Balaban J connectivity index is 2.37. The van der Waals surface area contributed by atoms with Crippen LogP contribution in [0.25, 0.3) is 0 Å². The first-order valence-corrected chi connectivity index (χ1v) is 3.68. The predicted octanol–water partition coefficient (Wildman–Crippen LogP) is 0.997. The van der Waals surface area contributed by atoms with E-state index >= 15 is 0 Å². The zero-order valence-electron chi connectivity index (χ0n) is 6.36. The van der Waals surface area contributed by atoms with Gasteiger partial charge < -0.3 is 9.84 Å². The molecule has 1 saturated heterocycles. The molecule has 12 heavy (non-hydrogen) atoms. The van der Waals surface area contributed by atoms with Crippen molar-refractivity contribution in [1.82, 2.24) is 0 Å². The fraction of sp³-hybridized carbons (Fsp3) is 0.222. The van der Waals surface area contributed by atoms with Crippen LogP contribution in [0.5, 0.6) is 0 Å². The molecule has 62 valence electrons. The Morgan fingerprint density at radius 2 is 2.00 bits per heavy atom. The first kappa shape index (κ1) is 7.31. The molecule has 0 saturated carbocycles. The number of carboxylic acids is 1. The second-order valence-corrected chi connectivity index (χ2v) is 2.79. The van der Waals surface area contributed by atoms with Crippen LogP contribution < -0.4 is 0 Å². The van der Waals surface area contributed by atoms with E-state index in [4.69, 9.17) is 9.84 Å². The van der Waals surface area contributed by atoms with Gasteiger partial charge in [0, 0.05) is 0 Å². The summed E-state index contributed by atoms with van der Waals surface area (Å²) in [6.07, 6.45) is 0. The van der Waals surface area contributed by atoms with E-state index < -0.39 is 11.6 Å². The molecule has 1 aromatic carbocycles. The molecule has 0 bridgehead atoms. The normalized spacial score (nSPS) is 26.7. The van der Waals surface area contributed by atoms with Gasteiger partial charge in [-0.15, -0.1) is 0 Å². The molecule has 1 unspecified atom stereocenters. The molecule has 0 spiro atoms. The van der Waals surface area contributed by atoms with E-state index in [1.807, 2.05) is 18.2 Å². The van der Waals surface area contributed by atoms with Gasteiger partial charge in [-0.05, 0) is 5.56 Å². The average Bonchev–Trinajstić information content (AvgIpc) is 2.86. The second kappa shape index (κ2) is 2.32. The SMILES string of the molecule is O=C(O)C1(c2ccccc2)CO1. The number of benzene rings is 1. The number of ether oxygens (including phenoxy) is 1.